The van der Waals surface area contributed by atoms with Crippen molar-refractivity contribution in [2.45, 2.75) is 71.1 Å². The van der Waals surface area contributed by atoms with Crippen molar-refractivity contribution in [1.82, 2.24) is 4.90 Å². The van der Waals surface area contributed by atoms with Crippen LogP contribution in [-0.2, 0) is 4.84 Å². The number of benzene rings is 1. The Bertz CT molecular complexity index is 553. The SMILES string of the molecule is CCCCCCCCCCCO[N+](C)(C)CCCO.CN(C)CCO.O=C([O-])c1ccccc1. The second-order valence-electron chi connectivity index (χ2n) is 9.22. The summed E-state index contributed by atoms with van der Waals surface area (Å²) in [5.41, 5.74) is 0.220. The molecule has 200 valence electrons. The summed E-state index contributed by atoms with van der Waals surface area (Å²) in [4.78, 5) is 17.8. The summed E-state index contributed by atoms with van der Waals surface area (Å²) in [6, 6.07) is 8.06. The van der Waals surface area contributed by atoms with Gasteiger partial charge in [-0.15, -0.1) is 0 Å². The van der Waals surface area contributed by atoms with Crippen molar-refractivity contribution >= 4 is 5.97 Å². The summed E-state index contributed by atoms with van der Waals surface area (Å²) < 4.78 is 0.567. The van der Waals surface area contributed by atoms with E-state index < -0.39 is 5.97 Å². The fourth-order valence-electron chi connectivity index (χ4n) is 3.01. The molecule has 0 heterocycles. The number of carbonyl (C=O) groups excluding carboxylic acids is 1. The highest BCUT2D eigenvalue weighted by molar-refractivity contribution is 5.85. The molecular formula is C27H52N2O5. The number of aromatic carboxylic acids is 1. The van der Waals surface area contributed by atoms with Gasteiger partial charge in [0.15, 0.2) is 0 Å². The monoisotopic (exact) mass is 484 g/mol. The standard InChI is InChI=1S/C16H36NO2.C7H6O2.C4H11NO/c1-4-5-6-7-8-9-10-11-12-16-19-17(2,3)14-13-15-18;8-7(9)6-4-2-1-3-5-6;1-5(2)3-4-6/h18H,4-16H2,1-3H3;1-5H,(H,8,9);6H,3-4H2,1-2H3/q+1;;/p-1. The van der Waals surface area contributed by atoms with Gasteiger partial charge in [-0.3, -0.25) is 0 Å². The Kier molecular flexibility index (Phi) is 25.1. The molecule has 0 saturated carbocycles. The molecule has 0 aliphatic heterocycles. The molecular weight excluding hydrogens is 432 g/mol. The average molecular weight is 485 g/mol. The molecule has 0 aromatic heterocycles. The maximum Gasteiger partial charge on any atom is 0.111 e. The van der Waals surface area contributed by atoms with E-state index in [4.69, 9.17) is 15.1 Å². The predicted octanol–water partition coefficient (Wildman–Crippen LogP) is 3.50. The lowest BCUT2D eigenvalue weighted by Crippen LogP contribution is -2.41. The lowest BCUT2D eigenvalue weighted by molar-refractivity contribution is -1.08. The molecule has 0 amide bonds. The molecule has 0 unspecified atom stereocenters. The maximum absolute atomic E-state index is 10.1. The van der Waals surface area contributed by atoms with E-state index in [1.807, 2.05) is 19.0 Å². The number of rotatable bonds is 17. The van der Waals surface area contributed by atoms with Crippen molar-refractivity contribution in [1.29, 1.82) is 0 Å². The number of unbranched alkanes of at least 4 members (excludes halogenated alkanes) is 8. The Morgan fingerprint density at radius 1 is 0.882 bits per heavy atom. The molecule has 0 saturated heterocycles. The van der Waals surface area contributed by atoms with Gasteiger partial charge in [0.05, 0.1) is 26.7 Å². The number of carbonyl (C=O) groups is 1. The fraction of sp³-hybridized carbons (Fsp3) is 0.741. The van der Waals surface area contributed by atoms with Gasteiger partial charge >= 0.3 is 0 Å². The van der Waals surface area contributed by atoms with Gasteiger partial charge in [0.25, 0.3) is 0 Å². The van der Waals surface area contributed by atoms with Gasteiger partial charge in [0.2, 0.25) is 0 Å². The van der Waals surface area contributed by atoms with E-state index in [1.165, 1.54) is 63.5 Å². The molecule has 0 fully saturated rings. The second-order valence-corrected chi connectivity index (χ2v) is 9.22. The Balaban J connectivity index is 0. The molecule has 1 rings (SSSR count). The first-order chi connectivity index (χ1) is 16.2. The first-order valence-corrected chi connectivity index (χ1v) is 12.8. The summed E-state index contributed by atoms with van der Waals surface area (Å²) in [6.07, 6.45) is 12.9. The minimum atomic E-state index is -1.13. The largest absolute Gasteiger partial charge is 0.545 e. The Labute approximate surface area is 208 Å². The van der Waals surface area contributed by atoms with E-state index in [9.17, 15) is 9.90 Å². The van der Waals surface area contributed by atoms with Gasteiger partial charge in [-0.1, -0.05) is 88.6 Å². The van der Waals surface area contributed by atoms with Crippen molar-refractivity contribution in [3.8, 4) is 0 Å². The Hall–Kier alpha value is -1.51. The minimum absolute atomic E-state index is 0.220. The van der Waals surface area contributed by atoms with Gasteiger partial charge in [-0.2, -0.15) is 4.65 Å². The minimum Gasteiger partial charge on any atom is -0.545 e. The van der Waals surface area contributed by atoms with Crippen LogP contribution in [0.1, 0.15) is 81.5 Å². The molecule has 1 aromatic rings. The summed E-state index contributed by atoms with van der Waals surface area (Å²) in [6.45, 7) is 5.26. The highest BCUT2D eigenvalue weighted by Gasteiger charge is 2.15. The molecule has 0 radical (unpaired) electrons. The normalized spacial score (nSPS) is 10.8. The quantitative estimate of drug-likeness (QED) is 0.200. The van der Waals surface area contributed by atoms with Crippen LogP contribution in [0.5, 0.6) is 0 Å². The number of hydrogen-bond donors (Lipinski definition) is 2. The molecule has 0 spiro atoms. The van der Waals surface area contributed by atoms with E-state index in [0.29, 0.717) is 4.65 Å². The van der Waals surface area contributed by atoms with Crippen LogP contribution in [0.3, 0.4) is 0 Å². The van der Waals surface area contributed by atoms with Crippen molar-refractivity contribution in [3.05, 3.63) is 35.9 Å². The van der Waals surface area contributed by atoms with Crippen LogP contribution in [0.2, 0.25) is 0 Å². The molecule has 7 heteroatoms. The first-order valence-electron chi connectivity index (χ1n) is 12.8. The molecule has 7 nitrogen and oxygen atoms in total. The highest BCUT2D eigenvalue weighted by atomic mass is 16.7. The van der Waals surface area contributed by atoms with Crippen LogP contribution in [0.4, 0.5) is 0 Å². The third-order valence-corrected chi connectivity index (χ3v) is 5.10. The number of nitrogens with zero attached hydrogens (tertiary/aromatic N) is 2. The van der Waals surface area contributed by atoms with E-state index in [2.05, 4.69) is 21.0 Å². The Morgan fingerprint density at radius 3 is 1.79 bits per heavy atom. The van der Waals surface area contributed by atoms with Crippen molar-refractivity contribution in [2.75, 3.05) is 61.1 Å². The highest BCUT2D eigenvalue weighted by Crippen LogP contribution is 2.10. The first kappa shape index (κ1) is 34.7. The van der Waals surface area contributed by atoms with Gasteiger partial charge in [0, 0.05) is 19.6 Å². The van der Waals surface area contributed by atoms with Crippen molar-refractivity contribution in [3.63, 3.8) is 0 Å². The third-order valence-electron chi connectivity index (χ3n) is 5.10. The smallest absolute Gasteiger partial charge is 0.111 e. The van der Waals surface area contributed by atoms with Crippen molar-refractivity contribution in [2.24, 2.45) is 0 Å². The van der Waals surface area contributed by atoms with E-state index in [-0.39, 0.29) is 18.8 Å². The topological polar surface area (TPSA) is 93.1 Å². The van der Waals surface area contributed by atoms with Crippen LogP contribution in [-0.4, -0.2) is 86.8 Å². The van der Waals surface area contributed by atoms with Gasteiger partial charge in [0.1, 0.15) is 13.2 Å². The van der Waals surface area contributed by atoms with Crippen LogP contribution in [0, 0.1) is 0 Å². The number of aliphatic hydroxyl groups excluding tert-OH is 2. The van der Waals surface area contributed by atoms with Crippen LogP contribution < -0.4 is 5.11 Å². The van der Waals surface area contributed by atoms with Crippen LogP contribution in [0.25, 0.3) is 0 Å². The van der Waals surface area contributed by atoms with Crippen molar-refractivity contribution < 1.29 is 29.6 Å². The lowest BCUT2D eigenvalue weighted by Gasteiger charge is -2.26. The molecule has 0 bridgehead atoms. The number of carboxylic acid groups (broad SMARTS) is 1. The summed E-state index contributed by atoms with van der Waals surface area (Å²) >= 11 is 0. The molecule has 1 aromatic carbocycles. The summed E-state index contributed by atoms with van der Waals surface area (Å²) in [5, 5.41) is 27.1. The molecule has 34 heavy (non-hydrogen) atoms. The number of quaternary nitrogens is 1. The van der Waals surface area contributed by atoms with Crippen LogP contribution in [0.15, 0.2) is 30.3 Å². The molecule has 2 N–H and O–H groups in total. The van der Waals surface area contributed by atoms with Gasteiger partial charge in [-0.05, 0) is 26.1 Å². The lowest BCUT2D eigenvalue weighted by atomic mass is 10.1. The zero-order valence-corrected chi connectivity index (χ0v) is 22.5. The molecule has 0 aliphatic rings. The average Bonchev–Trinajstić information content (AvgIpc) is 2.80. The summed E-state index contributed by atoms with van der Waals surface area (Å²) in [7, 11) is 7.97. The third kappa shape index (κ3) is 26.7. The number of carboxylic acids is 1. The fourth-order valence-corrected chi connectivity index (χ4v) is 3.01. The number of hydroxylamine groups is 3. The van der Waals surface area contributed by atoms with E-state index >= 15 is 0 Å². The number of likely N-dealkylation sites (N-methyl/N-ethyl adjacent to an activating group) is 1. The van der Waals surface area contributed by atoms with Gasteiger partial charge in [-0.25, -0.2) is 4.84 Å². The van der Waals surface area contributed by atoms with E-state index in [0.717, 1.165) is 32.5 Å². The zero-order valence-electron chi connectivity index (χ0n) is 22.5. The predicted molar refractivity (Wildman–Crippen MR) is 138 cm³/mol. The Morgan fingerprint density at radius 2 is 1.41 bits per heavy atom. The number of aliphatic hydroxyl groups is 2. The van der Waals surface area contributed by atoms with Crippen LogP contribution >= 0.6 is 0 Å². The summed E-state index contributed by atoms with van der Waals surface area (Å²) in [5.74, 6) is -1.13. The number of hydrogen-bond acceptors (Lipinski definition) is 6. The molecule has 0 atom stereocenters. The van der Waals surface area contributed by atoms with Gasteiger partial charge < -0.3 is 25.0 Å². The molecule has 0 aliphatic carbocycles. The second kappa shape index (κ2) is 24.6. The maximum atomic E-state index is 10.1. The zero-order chi connectivity index (χ0) is 26.1. The van der Waals surface area contributed by atoms with E-state index in [1.54, 1.807) is 18.2 Å².